The van der Waals surface area contributed by atoms with Crippen LogP contribution in [0.25, 0.3) is 10.9 Å². The molecular weight excluding hydrogens is 214 g/mol. The highest BCUT2D eigenvalue weighted by Gasteiger charge is 2.25. The molecule has 1 aromatic carbocycles. The Morgan fingerprint density at radius 1 is 1.29 bits per heavy atom. The van der Waals surface area contributed by atoms with Crippen LogP contribution in [-0.2, 0) is 11.8 Å². The first-order chi connectivity index (χ1) is 8.27. The van der Waals surface area contributed by atoms with E-state index < -0.39 is 0 Å². The van der Waals surface area contributed by atoms with Gasteiger partial charge in [0.05, 0.1) is 0 Å². The summed E-state index contributed by atoms with van der Waals surface area (Å²) in [6.45, 7) is 1.53. The number of para-hydroxylation sites is 1. The van der Waals surface area contributed by atoms with Crippen LogP contribution < -0.4 is 10.6 Å². The van der Waals surface area contributed by atoms with Gasteiger partial charge in [-0.15, -0.1) is 0 Å². The lowest BCUT2D eigenvalue weighted by Gasteiger charge is -2.23. The monoisotopic (exact) mass is 229 g/mol. The van der Waals surface area contributed by atoms with Gasteiger partial charge in [-0.3, -0.25) is 4.79 Å². The van der Waals surface area contributed by atoms with Crippen molar-refractivity contribution in [2.75, 3.05) is 13.1 Å². The summed E-state index contributed by atoms with van der Waals surface area (Å²) in [7, 11) is 2.01. The standard InChI is InChI=1S/C13H15N3O/c1-16-8-10(9-4-2-3-5-11(9)16)12-13(17)15-7-6-14-12/h2-5,8,12,14H,6-7H2,1H3,(H,15,17)/t12-/m1/s1. The summed E-state index contributed by atoms with van der Waals surface area (Å²) in [5, 5.41) is 7.30. The van der Waals surface area contributed by atoms with E-state index in [1.165, 1.54) is 0 Å². The zero-order chi connectivity index (χ0) is 11.8. The summed E-state index contributed by atoms with van der Waals surface area (Å²) in [5.74, 6) is 0.0626. The molecule has 2 heterocycles. The molecule has 2 N–H and O–H groups in total. The highest BCUT2D eigenvalue weighted by Crippen LogP contribution is 2.26. The second kappa shape index (κ2) is 3.89. The number of rotatable bonds is 1. The Morgan fingerprint density at radius 3 is 2.94 bits per heavy atom. The van der Waals surface area contributed by atoms with Crippen LogP contribution in [0, 0.1) is 0 Å². The SMILES string of the molecule is Cn1cc([C@H]2NCCNC2=O)c2ccccc21. The van der Waals surface area contributed by atoms with Gasteiger partial charge in [-0.2, -0.15) is 0 Å². The van der Waals surface area contributed by atoms with E-state index in [1.807, 2.05) is 25.4 Å². The average Bonchev–Trinajstić information content (AvgIpc) is 2.68. The predicted octanol–water partition coefficient (Wildman–Crippen LogP) is 0.939. The molecular formula is C13H15N3O. The van der Waals surface area contributed by atoms with E-state index in [4.69, 9.17) is 0 Å². The van der Waals surface area contributed by atoms with Crippen molar-refractivity contribution in [1.29, 1.82) is 0 Å². The van der Waals surface area contributed by atoms with E-state index in [2.05, 4.69) is 27.3 Å². The third-order valence-electron chi connectivity index (χ3n) is 3.27. The van der Waals surface area contributed by atoms with Crippen LogP contribution in [0.3, 0.4) is 0 Å². The molecule has 0 aliphatic carbocycles. The maximum atomic E-state index is 11.9. The van der Waals surface area contributed by atoms with Crippen LogP contribution >= 0.6 is 0 Å². The molecule has 88 valence electrons. The van der Waals surface area contributed by atoms with Crippen molar-refractivity contribution in [2.45, 2.75) is 6.04 Å². The van der Waals surface area contributed by atoms with Gasteiger partial charge in [0.15, 0.2) is 0 Å². The number of fused-ring (bicyclic) bond motifs is 1. The van der Waals surface area contributed by atoms with Gasteiger partial charge in [0, 0.05) is 42.8 Å². The fourth-order valence-corrected chi connectivity index (χ4v) is 2.45. The lowest BCUT2D eigenvalue weighted by molar-refractivity contribution is -0.124. The third-order valence-corrected chi connectivity index (χ3v) is 3.27. The minimum atomic E-state index is -0.227. The molecule has 1 amide bonds. The molecule has 1 saturated heterocycles. The number of amides is 1. The summed E-state index contributed by atoms with van der Waals surface area (Å²) in [4.78, 5) is 11.9. The first kappa shape index (κ1) is 10.4. The largest absolute Gasteiger partial charge is 0.353 e. The van der Waals surface area contributed by atoms with Gasteiger partial charge < -0.3 is 15.2 Å². The van der Waals surface area contributed by atoms with Gasteiger partial charge in [0.25, 0.3) is 0 Å². The quantitative estimate of drug-likeness (QED) is 0.764. The van der Waals surface area contributed by atoms with Crippen LogP contribution in [0.1, 0.15) is 11.6 Å². The fourth-order valence-electron chi connectivity index (χ4n) is 2.45. The maximum absolute atomic E-state index is 11.9. The van der Waals surface area contributed by atoms with Gasteiger partial charge in [-0.05, 0) is 6.07 Å². The van der Waals surface area contributed by atoms with E-state index in [0.717, 1.165) is 23.0 Å². The lowest BCUT2D eigenvalue weighted by atomic mass is 10.0. The molecule has 1 aliphatic rings. The number of benzene rings is 1. The van der Waals surface area contributed by atoms with Crippen molar-refractivity contribution in [2.24, 2.45) is 7.05 Å². The van der Waals surface area contributed by atoms with E-state index in [9.17, 15) is 4.79 Å². The second-order valence-electron chi connectivity index (χ2n) is 4.39. The normalized spacial score (nSPS) is 20.5. The Balaban J connectivity index is 2.13. The highest BCUT2D eigenvalue weighted by molar-refractivity contribution is 5.92. The Kier molecular flexibility index (Phi) is 2.37. The zero-order valence-corrected chi connectivity index (χ0v) is 9.73. The number of hydrogen-bond donors (Lipinski definition) is 2. The first-order valence-corrected chi connectivity index (χ1v) is 5.82. The molecule has 17 heavy (non-hydrogen) atoms. The number of piperazine rings is 1. The third kappa shape index (κ3) is 1.61. The van der Waals surface area contributed by atoms with Gasteiger partial charge in [0.1, 0.15) is 6.04 Å². The number of aryl methyl sites for hydroxylation is 1. The number of nitrogens with zero attached hydrogens (tertiary/aromatic N) is 1. The topological polar surface area (TPSA) is 46.1 Å². The summed E-state index contributed by atoms with van der Waals surface area (Å²) in [5.41, 5.74) is 2.21. The van der Waals surface area contributed by atoms with Crippen molar-refractivity contribution >= 4 is 16.8 Å². The summed E-state index contributed by atoms with van der Waals surface area (Å²) in [6.07, 6.45) is 2.03. The number of nitrogens with one attached hydrogen (secondary N) is 2. The van der Waals surface area contributed by atoms with E-state index in [0.29, 0.717) is 6.54 Å². The van der Waals surface area contributed by atoms with Gasteiger partial charge in [0.2, 0.25) is 5.91 Å². The summed E-state index contributed by atoms with van der Waals surface area (Å²) < 4.78 is 2.06. The van der Waals surface area contributed by atoms with Crippen LogP contribution in [0.4, 0.5) is 0 Å². The first-order valence-electron chi connectivity index (χ1n) is 5.82. The molecule has 4 nitrogen and oxygen atoms in total. The van der Waals surface area contributed by atoms with Crippen molar-refractivity contribution in [3.05, 3.63) is 36.0 Å². The molecule has 1 atom stereocenters. The van der Waals surface area contributed by atoms with Gasteiger partial charge in [-0.1, -0.05) is 18.2 Å². The number of carbonyl (C=O) groups excluding carboxylic acids is 1. The molecule has 0 saturated carbocycles. The number of carbonyl (C=O) groups is 1. The molecule has 0 spiro atoms. The molecule has 1 aliphatic heterocycles. The fraction of sp³-hybridized carbons (Fsp3) is 0.308. The van der Waals surface area contributed by atoms with E-state index in [-0.39, 0.29) is 11.9 Å². The Hall–Kier alpha value is -1.81. The molecule has 0 radical (unpaired) electrons. The summed E-state index contributed by atoms with van der Waals surface area (Å²) in [6, 6.07) is 7.93. The van der Waals surface area contributed by atoms with Crippen LogP contribution in [0.15, 0.2) is 30.5 Å². The molecule has 4 heteroatoms. The van der Waals surface area contributed by atoms with Crippen LogP contribution in [-0.4, -0.2) is 23.6 Å². The van der Waals surface area contributed by atoms with Crippen molar-refractivity contribution in [3.63, 3.8) is 0 Å². The highest BCUT2D eigenvalue weighted by atomic mass is 16.2. The smallest absolute Gasteiger partial charge is 0.241 e. The molecule has 3 rings (SSSR count). The van der Waals surface area contributed by atoms with Gasteiger partial charge in [-0.25, -0.2) is 0 Å². The maximum Gasteiger partial charge on any atom is 0.241 e. The molecule has 1 fully saturated rings. The molecule has 0 bridgehead atoms. The van der Waals surface area contributed by atoms with E-state index >= 15 is 0 Å². The van der Waals surface area contributed by atoms with Crippen LogP contribution in [0.2, 0.25) is 0 Å². The summed E-state index contributed by atoms with van der Waals surface area (Å²) >= 11 is 0. The van der Waals surface area contributed by atoms with Gasteiger partial charge >= 0.3 is 0 Å². The predicted molar refractivity (Wildman–Crippen MR) is 66.7 cm³/mol. The minimum absolute atomic E-state index is 0.0626. The molecule has 0 unspecified atom stereocenters. The van der Waals surface area contributed by atoms with E-state index in [1.54, 1.807) is 0 Å². The van der Waals surface area contributed by atoms with Crippen LogP contribution in [0.5, 0.6) is 0 Å². The number of aromatic nitrogens is 1. The zero-order valence-electron chi connectivity index (χ0n) is 9.73. The number of hydrogen-bond acceptors (Lipinski definition) is 2. The second-order valence-corrected chi connectivity index (χ2v) is 4.39. The molecule has 1 aromatic heterocycles. The van der Waals surface area contributed by atoms with Crippen molar-refractivity contribution in [3.8, 4) is 0 Å². The Morgan fingerprint density at radius 2 is 2.12 bits per heavy atom. The Labute approximate surface area is 99.6 Å². The Bertz CT molecular complexity index is 573. The average molecular weight is 229 g/mol. The molecule has 2 aromatic rings. The minimum Gasteiger partial charge on any atom is -0.353 e. The van der Waals surface area contributed by atoms with Crippen molar-refractivity contribution < 1.29 is 4.79 Å². The van der Waals surface area contributed by atoms with Crippen molar-refractivity contribution in [1.82, 2.24) is 15.2 Å². The lowest BCUT2D eigenvalue weighted by Crippen LogP contribution is -2.47.